The van der Waals surface area contributed by atoms with Crippen LogP contribution < -0.4 is 5.32 Å². The molecule has 100 valence electrons. The third kappa shape index (κ3) is 3.31. The van der Waals surface area contributed by atoms with E-state index < -0.39 is 9.84 Å². The molecule has 1 heterocycles. The zero-order chi connectivity index (χ0) is 13.0. The van der Waals surface area contributed by atoms with Crippen molar-refractivity contribution < 1.29 is 8.42 Å². The average Bonchev–Trinajstić information content (AvgIpc) is 2.40. The highest BCUT2D eigenvalue weighted by Gasteiger charge is 2.12. The molecule has 1 aliphatic heterocycles. The molecule has 1 saturated heterocycles. The van der Waals surface area contributed by atoms with Gasteiger partial charge >= 0.3 is 0 Å². The minimum Gasteiger partial charge on any atom is -0.314 e. The molecule has 0 saturated carbocycles. The summed E-state index contributed by atoms with van der Waals surface area (Å²) in [6, 6.07) is 7.28. The lowest BCUT2D eigenvalue weighted by Crippen LogP contribution is -2.42. The van der Waals surface area contributed by atoms with E-state index >= 15 is 0 Å². The Hall–Kier alpha value is -0.910. The maximum atomic E-state index is 11.7. The van der Waals surface area contributed by atoms with E-state index in [0.717, 1.165) is 32.7 Å². The van der Waals surface area contributed by atoms with Crippen molar-refractivity contribution in [1.82, 2.24) is 10.2 Å². The highest BCUT2D eigenvalue weighted by atomic mass is 32.2. The Kier molecular flexibility index (Phi) is 4.37. The second kappa shape index (κ2) is 5.82. The standard InChI is InChI=1S/C13H20N2O2S/c1-2-18(16,17)13-5-3-12(4-6-13)11-15-9-7-14-8-10-15/h3-6,14H,2,7-11H2,1H3. The van der Waals surface area contributed by atoms with E-state index in [1.807, 2.05) is 12.1 Å². The van der Waals surface area contributed by atoms with Crippen LogP contribution >= 0.6 is 0 Å². The van der Waals surface area contributed by atoms with Crippen molar-refractivity contribution in [3.8, 4) is 0 Å². The third-order valence-corrected chi connectivity index (χ3v) is 5.03. The van der Waals surface area contributed by atoms with Crippen LogP contribution in [0.2, 0.25) is 0 Å². The molecule has 0 bridgehead atoms. The maximum absolute atomic E-state index is 11.7. The van der Waals surface area contributed by atoms with Crippen molar-refractivity contribution in [3.63, 3.8) is 0 Å². The van der Waals surface area contributed by atoms with Gasteiger partial charge in [-0.25, -0.2) is 8.42 Å². The quantitative estimate of drug-likeness (QED) is 0.881. The zero-order valence-electron chi connectivity index (χ0n) is 10.7. The van der Waals surface area contributed by atoms with Gasteiger partial charge in [-0.05, 0) is 17.7 Å². The molecule has 18 heavy (non-hydrogen) atoms. The van der Waals surface area contributed by atoms with Crippen molar-refractivity contribution >= 4 is 9.84 Å². The largest absolute Gasteiger partial charge is 0.314 e. The molecular formula is C13H20N2O2S. The predicted molar refractivity (Wildman–Crippen MR) is 72.3 cm³/mol. The van der Waals surface area contributed by atoms with Crippen LogP contribution in [0, 0.1) is 0 Å². The molecule has 5 heteroatoms. The Morgan fingerprint density at radius 2 is 1.78 bits per heavy atom. The van der Waals surface area contributed by atoms with Crippen LogP contribution in [0.3, 0.4) is 0 Å². The van der Waals surface area contributed by atoms with Gasteiger partial charge in [-0.1, -0.05) is 19.1 Å². The van der Waals surface area contributed by atoms with Crippen LogP contribution in [0.15, 0.2) is 29.2 Å². The predicted octanol–water partition coefficient (Wildman–Crippen LogP) is 0.885. The van der Waals surface area contributed by atoms with E-state index in [1.54, 1.807) is 19.1 Å². The first-order chi connectivity index (χ1) is 8.62. The van der Waals surface area contributed by atoms with Gasteiger partial charge in [-0.3, -0.25) is 4.90 Å². The number of hydrogen-bond donors (Lipinski definition) is 1. The summed E-state index contributed by atoms with van der Waals surface area (Å²) in [6.07, 6.45) is 0. The number of benzene rings is 1. The Morgan fingerprint density at radius 3 is 2.33 bits per heavy atom. The second-order valence-corrected chi connectivity index (χ2v) is 6.85. The SMILES string of the molecule is CCS(=O)(=O)c1ccc(CN2CCNCC2)cc1. The fourth-order valence-electron chi connectivity index (χ4n) is 2.10. The molecule has 1 N–H and O–H groups in total. The van der Waals surface area contributed by atoms with Gasteiger partial charge in [0.05, 0.1) is 10.6 Å². The summed E-state index contributed by atoms with van der Waals surface area (Å²) < 4.78 is 23.4. The summed E-state index contributed by atoms with van der Waals surface area (Å²) in [5.74, 6) is 0.157. The molecule has 0 radical (unpaired) electrons. The smallest absolute Gasteiger partial charge is 0.178 e. The number of nitrogens with one attached hydrogen (secondary N) is 1. The highest BCUT2D eigenvalue weighted by molar-refractivity contribution is 7.91. The van der Waals surface area contributed by atoms with Gasteiger partial charge < -0.3 is 5.32 Å². The van der Waals surface area contributed by atoms with Crippen molar-refractivity contribution in [1.29, 1.82) is 0 Å². The van der Waals surface area contributed by atoms with Crippen LogP contribution in [-0.4, -0.2) is 45.2 Å². The van der Waals surface area contributed by atoms with E-state index in [-0.39, 0.29) is 5.75 Å². The third-order valence-electron chi connectivity index (χ3n) is 3.28. The molecule has 1 aromatic rings. The Bertz CT molecular complexity index is 476. The molecule has 0 atom stereocenters. The monoisotopic (exact) mass is 268 g/mol. The molecule has 0 amide bonds. The van der Waals surface area contributed by atoms with Gasteiger partial charge in [0.25, 0.3) is 0 Å². The van der Waals surface area contributed by atoms with Gasteiger partial charge in [0.1, 0.15) is 0 Å². The summed E-state index contributed by atoms with van der Waals surface area (Å²) in [6.45, 7) is 6.73. The van der Waals surface area contributed by atoms with Crippen molar-refractivity contribution in [2.75, 3.05) is 31.9 Å². The highest BCUT2D eigenvalue weighted by Crippen LogP contribution is 2.13. The van der Waals surface area contributed by atoms with Gasteiger partial charge in [0.2, 0.25) is 0 Å². The molecule has 1 fully saturated rings. The first-order valence-corrected chi connectivity index (χ1v) is 8.02. The van der Waals surface area contributed by atoms with Gasteiger partial charge in [-0.2, -0.15) is 0 Å². The summed E-state index contributed by atoms with van der Waals surface area (Å²) in [4.78, 5) is 2.80. The molecule has 4 nitrogen and oxygen atoms in total. The Balaban J connectivity index is 2.03. The summed E-state index contributed by atoms with van der Waals surface area (Å²) in [7, 11) is -3.07. The first kappa shape index (κ1) is 13.5. The van der Waals surface area contributed by atoms with E-state index in [2.05, 4.69) is 10.2 Å². The number of piperazine rings is 1. The molecule has 0 aliphatic carbocycles. The number of nitrogens with zero attached hydrogens (tertiary/aromatic N) is 1. The molecule has 0 aromatic heterocycles. The molecule has 2 rings (SSSR count). The summed E-state index contributed by atoms with van der Waals surface area (Å²) in [5, 5.41) is 3.32. The number of rotatable bonds is 4. The average molecular weight is 268 g/mol. The van der Waals surface area contributed by atoms with E-state index in [9.17, 15) is 8.42 Å². The van der Waals surface area contributed by atoms with Gasteiger partial charge in [-0.15, -0.1) is 0 Å². The fraction of sp³-hybridized carbons (Fsp3) is 0.538. The lowest BCUT2D eigenvalue weighted by atomic mass is 10.2. The Labute approximate surface area is 109 Å². The summed E-state index contributed by atoms with van der Waals surface area (Å²) in [5.41, 5.74) is 1.17. The molecule has 1 aromatic carbocycles. The van der Waals surface area contributed by atoms with E-state index in [0.29, 0.717) is 4.90 Å². The number of sulfone groups is 1. The normalized spacial score (nSPS) is 17.8. The first-order valence-electron chi connectivity index (χ1n) is 6.36. The van der Waals surface area contributed by atoms with Gasteiger partial charge in [0.15, 0.2) is 9.84 Å². The minimum absolute atomic E-state index is 0.157. The van der Waals surface area contributed by atoms with Crippen molar-refractivity contribution in [2.45, 2.75) is 18.4 Å². The van der Waals surface area contributed by atoms with Crippen LogP contribution in [0.5, 0.6) is 0 Å². The molecule has 1 aliphatic rings. The lowest BCUT2D eigenvalue weighted by molar-refractivity contribution is 0.233. The maximum Gasteiger partial charge on any atom is 0.178 e. The second-order valence-electron chi connectivity index (χ2n) is 4.57. The molecule has 0 spiro atoms. The molecule has 0 unspecified atom stereocenters. The number of hydrogen-bond acceptors (Lipinski definition) is 4. The summed E-state index contributed by atoms with van der Waals surface area (Å²) >= 11 is 0. The van der Waals surface area contributed by atoms with Crippen LogP contribution in [0.4, 0.5) is 0 Å². The van der Waals surface area contributed by atoms with Crippen molar-refractivity contribution in [2.24, 2.45) is 0 Å². The van der Waals surface area contributed by atoms with Gasteiger partial charge in [0, 0.05) is 32.7 Å². The Morgan fingerprint density at radius 1 is 1.17 bits per heavy atom. The van der Waals surface area contributed by atoms with Crippen LogP contribution in [0.1, 0.15) is 12.5 Å². The minimum atomic E-state index is -3.07. The topological polar surface area (TPSA) is 49.4 Å². The van der Waals surface area contributed by atoms with Crippen molar-refractivity contribution in [3.05, 3.63) is 29.8 Å². The molecular weight excluding hydrogens is 248 g/mol. The van der Waals surface area contributed by atoms with E-state index in [4.69, 9.17) is 0 Å². The van der Waals surface area contributed by atoms with Crippen LogP contribution in [0.25, 0.3) is 0 Å². The zero-order valence-corrected chi connectivity index (χ0v) is 11.5. The fourth-order valence-corrected chi connectivity index (χ4v) is 2.98. The lowest BCUT2D eigenvalue weighted by Gasteiger charge is -2.27. The van der Waals surface area contributed by atoms with E-state index in [1.165, 1.54) is 5.56 Å². The van der Waals surface area contributed by atoms with Crippen LogP contribution in [-0.2, 0) is 16.4 Å².